The van der Waals surface area contributed by atoms with Gasteiger partial charge in [0.15, 0.2) is 0 Å². The first-order chi connectivity index (χ1) is 11.4. The third-order valence-corrected chi connectivity index (χ3v) is 7.10. The van der Waals surface area contributed by atoms with E-state index in [4.69, 9.17) is 4.74 Å². The molecular formula is C22H33NO. The molecule has 2 nitrogen and oxygen atoms in total. The summed E-state index contributed by atoms with van der Waals surface area (Å²) in [5, 5.41) is 0. The summed E-state index contributed by atoms with van der Waals surface area (Å²) in [4.78, 5) is 2.69. The number of fused-ring (bicyclic) bond motifs is 3. The maximum atomic E-state index is 6.86. The minimum absolute atomic E-state index is 0.217. The average Bonchev–Trinajstić information content (AvgIpc) is 2.52. The fraction of sp³-hybridized carbons (Fsp3) is 0.727. The highest BCUT2D eigenvalue weighted by molar-refractivity contribution is 5.35. The van der Waals surface area contributed by atoms with Gasteiger partial charge in [0, 0.05) is 23.9 Å². The molecule has 2 unspecified atom stereocenters. The lowest BCUT2D eigenvalue weighted by molar-refractivity contribution is -0.251. The third kappa shape index (κ3) is 2.45. The maximum absolute atomic E-state index is 6.86. The van der Waals surface area contributed by atoms with Gasteiger partial charge in [-0.25, -0.2) is 0 Å². The fourth-order valence-corrected chi connectivity index (χ4v) is 5.68. The Morgan fingerprint density at radius 3 is 2.67 bits per heavy atom. The first-order valence-corrected chi connectivity index (χ1v) is 9.89. The number of benzene rings is 1. The molecule has 0 aromatic heterocycles. The normalized spacial score (nSPS) is 38.3. The summed E-state index contributed by atoms with van der Waals surface area (Å²) in [6.07, 6.45) is 4.59. The van der Waals surface area contributed by atoms with Crippen LogP contribution in [0, 0.1) is 17.8 Å². The molecule has 1 saturated carbocycles. The molecule has 1 aliphatic carbocycles. The van der Waals surface area contributed by atoms with Crippen LogP contribution in [0.2, 0.25) is 0 Å². The zero-order chi connectivity index (χ0) is 17.1. The van der Waals surface area contributed by atoms with Gasteiger partial charge in [-0.05, 0) is 49.7 Å². The number of hydrogen-bond acceptors (Lipinski definition) is 2. The summed E-state index contributed by atoms with van der Waals surface area (Å²) in [6.45, 7) is 13.1. The van der Waals surface area contributed by atoms with E-state index in [2.05, 4.69) is 63.8 Å². The third-order valence-electron chi connectivity index (χ3n) is 7.10. The summed E-state index contributed by atoms with van der Waals surface area (Å²) < 4.78 is 6.86. The number of rotatable bonds is 1. The largest absolute Gasteiger partial charge is 0.359 e. The van der Waals surface area contributed by atoms with Crippen LogP contribution in [0.4, 0.5) is 0 Å². The fourth-order valence-electron chi connectivity index (χ4n) is 5.68. The first kappa shape index (κ1) is 16.6. The molecule has 3 aliphatic rings. The lowest BCUT2D eigenvalue weighted by atomic mass is 9.67. The van der Waals surface area contributed by atoms with Crippen molar-refractivity contribution in [2.24, 2.45) is 17.8 Å². The SMILES string of the molecule is CC(C)[C@@H]1c2ccccc2CN2C1OC1C[C@H](C)CC[C@H]1C2(C)C. The van der Waals surface area contributed by atoms with Crippen molar-refractivity contribution in [2.75, 3.05) is 0 Å². The second-order valence-corrected chi connectivity index (χ2v) is 9.34. The summed E-state index contributed by atoms with van der Waals surface area (Å²) >= 11 is 0. The molecule has 0 N–H and O–H groups in total. The molecule has 1 aromatic carbocycles. The van der Waals surface area contributed by atoms with E-state index in [1.165, 1.54) is 30.4 Å². The van der Waals surface area contributed by atoms with E-state index in [0.29, 0.717) is 23.9 Å². The van der Waals surface area contributed by atoms with Crippen molar-refractivity contribution >= 4 is 0 Å². The van der Waals surface area contributed by atoms with Crippen LogP contribution >= 0.6 is 0 Å². The Kier molecular flexibility index (Phi) is 4.04. The van der Waals surface area contributed by atoms with Gasteiger partial charge in [0.1, 0.15) is 6.23 Å². The zero-order valence-electron chi connectivity index (χ0n) is 16.0. The Hall–Kier alpha value is -0.860. The van der Waals surface area contributed by atoms with E-state index in [0.717, 1.165) is 12.5 Å². The van der Waals surface area contributed by atoms with Crippen LogP contribution in [-0.2, 0) is 11.3 Å². The highest BCUT2D eigenvalue weighted by Gasteiger charge is 2.54. The monoisotopic (exact) mass is 327 g/mol. The topological polar surface area (TPSA) is 12.5 Å². The van der Waals surface area contributed by atoms with Gasteiger partial charge < -0.3 is 4.74 Å². The van der Waals surface area contributed by atoms with E-state index >= 15 is 0 Å². The standard InChI is InChI=1S/C22H33NO/c1-14(2)20-17-9-7-6-8-16(17)13-23-21(20)24-19-12-15(3)10-11-18(19)22(23,4)5/h6-9,14-15,18-21H,10-13H2,1-5H3/t15-,18-,19?,20-,21?/m1/s1. The molecule has 0 amide bonds. The van der Waals surface area contributed by atoms with Crippen molar-refractivity contribution in [1.82, 2.24) is 4.90 Å². The Bertz CT molecular complexity index is 608. The molecule has 0 bridgehead atoms. The smallest absolute Gasteiger partial charge is 0.118 e. The van der Waals surface area contributed by atoms with Gasteiger partial charge in [-0.1, -0.05) is 51.5 Å². The lowest BCUT2D eigenvalue weighted by Gasteiger charge is -2.61. The van der Waals surface area contributed by atoms with Crippen molar-refractivity contribution in [3.8, 4) is 0 Å². The molecule has 4 rings (SSSR count). The van der Waals surface area contributed by atoms with E-state index < -0.39 is 0 Å². The Morgan fingerprint density at radius 2 is 1.92 bits per heavy atom. The molecule has 5 atom stereocenters. The van der Waals surface area contributed by atoms with Crippen LogP contribution in [0.1, 0.15) is 70.9 Å². The van der Waals surface area contributed by atoms with Crippen molar-refractivity contribution in [1.29, 1.82) is 0 Å². The number of ether oxygens (including phenoxy) is 1. The highest BCUT2D eigenvalue weighted by Crippen LogP contribution is 2.51. The van der Waals surface area contributed by atoms with Crippen LogP contribution in [0.15, 0.2) is 24.3 Å². The van der Waals surface area contributed by atoms with E-state index in [1.807, 2.05) is 0 Å². The average molecular weight is 328 g/mol. The van der Waals surface area contributed by atoms with Crippen molar-refractivity contribution in [2.45, 2.75) is 84.2 Å². The van der Waals surface area contributed by atoms with Crippen LogP contribution in [0.25, 0.3) is 0 Å². The quantitative estimate of drug-likeness (QED) is 0.704. The Morgan fingerprint density at radius 1 is 1.17 bits per heavy atom. The van der Waals surface area contributed by atoms with Crippen LogP contribution < -0.4 is 0 Å². The summed E-state index contributed by atoms with van der Waals surface area (Å²) in [5.41, 5.74) is 3.24. The van der Waals surface area contributed by atoms with Crippen molar-refractivity contribution in [3.05, 3.63) is 35.4 Å². The summed E-state index contributed by atoms with van der Waals surface area (Å²) in [5.74, 6) is 2.55. The van der Waals surface area contributed by atoms with Crippen LogP contribution in [-0.4, -0.2) is 22.8 Å². The molecule has 1 aromatic rings. The molecule has 0 spiro atoms. The molecule has 2 heterocycles. The van der Waals surface area contributed by atoms with E-state index in [-0.39, 0.29) is 11.8 Å². The van der Waals surface area contributed by atoms with E-state index in [1.54, 1.807) is 0 Å². The predicted molar refractivity (Wildman–Crippen MR) is 98.8 cm³/mol. The first-order valence-electron chi connectivity index (χ1n) is 9.89. The maximum Gasteiger partial charge on any atom is 0.118 e. The summed E-state index contributed by atoms with van der Waals surface area (Å²) in [7, 11) is 0. The minimum atomic E-state index is 0.217. The number of nitrogens with zero attached hydrogens (tertiary/aromatic N) is 1. The molecule has 1 saturated heterocycles. The second kappa shape index (κ2) is 5.85. The molecule has 132 valence electrons. The van der Waals surface area contributed by atoms with Crippen molar-refractivity contribution < 1.29 is 4.74 Å². The van der Waals surface area contributed by atoms with Gasteiger partial charge in [-0.2, -0.15) is 0 Å². The van der Waals surface area contributed by atoms with Gasteiger partial charge in [-0.15, -0.1) is 0 Å². The van der Waals surface area contributed by atoms with Crippen LogP contribution in [0.3, 0.4) is 0 Å². The second-order valence-electron chi connectivity index (χ2n) is 9.34. The minimum Gasteiger partial charge on any atom is -0.359 e. The molecule has 2 fully saturated rings. The predicted octanol–water partition coefficient (Wildman–Crippen LogP) is 5.18. The summed E-state index contributed by atoms with van der Waals surface area (Å²) in [6, 6.07) is 9.05. The van der Waals surface area contributed by atoms with Gasteiger partial charge in [0.05, 0.1) is 6.10 Å². The Balaban J connectivity index is 1.76. The van der Waals surface area contributed by atoms with Gasteiger partial charge in [0.25, 0.3) is 0 Å². The molecule has 2 heteroatoms. The van der Waals surface area contributed by atoms with Crippen LogP contribution in [0.5, 0.6) is 0 Å². The number of hydrogen-bond donors (Lipinski definition) is 0. The molecule has 2 aliphatic heterocycles. The van der Waals surface area contributed by atoms with Crippen molar-refractivity contribution in [3.63, 3.8) is 0 Å². The molecule has 0 radical (unpaired) electrons. The zero-order valence-corrected chi connectivity index (χ0v) is 16.0. The molecule has 24 heavy (non-hydrogen) atoms. The van der Waals surface area contributed by atoms with E-state index in [9.17, 15) is 0 Å². The van der Waals surface area contributed by atoms with Gasteiger partial charge in [0.2, 0.25) is 0 Å². The highest BCUT2D eigenvalue weighted by atomic mass is 16.5. The lowest BCUT2D eigenvalue weighted by Crippen LogP contribution is -2.66. The van der Waals surface area contributed by atoms with Gasteiger partial charge >= 0.3 is 0 Å². The Labute approximate surface area is 147 Å². The molecular weight excluding hydrogens is 294 g/mol. The van der Waals surface area contributed by atoms with Gasteiger partial charge in [-0.3, -0.25) is 4.90 Å².